The quantitative estimate of drug-likeness (QED) is 0.438. The van der Waals surface area contributed by atoms with Crippen LogP contribution >= 0.6 is 0 Å². The number of halogens is 1. The maximum Gasteiger partial charge on any atom is 0.414 e. The third kappa shape index (κ3) is 3.48. The van der Waals surface area contributed by atoms with Gasteiger partial charge in [-0.2, -0.15) is 0 Å². The fraction of sp³-hybridized carbons (Fsp3) is 0.429. The van der Waals surface area contributed by atoms with Crippen molar-refractivity contribution in [2.45, 2.75) is 38.9 Å². The van der Waals surface area contributed by atoms with Crippen LogP contribution in [-0.4, -0.2) is 52.7 Å². The van der Waals surface area contributed by atoms with Crippen molar-refractivity contribution in [1.82, 2.24) is 4.90 Å². The molecule has 0 aromatic heterocycles. The van der Waals surface area contributed by atoms with E-state index in [1.54, 1.807) is 27.7 Å². The zero-order valence-electron chi connectivity index (χ0n) is 16.7. The Hall–Kier alpha value is -2.87. The Morgan fingerprint density at radius 3 is 2.38 bits per heavy atom. The van der Waals surface area contributed by atoms with Crippen molar-refractivity contribution < 1.29 is 33.0 Å². The Kier molecular flexibility index (Phi) is 5.17. The van der Waals surface area contributed by atoms with Crippen LogP contribution in [-0.2, 0) is 23.9 Å². The van der Waals surface area contributed by atoms with E-state index in [0.29, 0.717) is 5.56 Å². The highest BCUT2D eigenvalue weighted by molar-refractivity contribution is 6.55. The molecule has 2 fully saturated rings. The molecule has 1 aromatic carbocycles. The predicted molar refractivity (Wildman–Crippen MR) is 100 cm³/mol. The molecular weight excluding hydrogens is 381 g/mol. The van der Waals surface area contributed by atoms with Gasteiger partial charge < -0.3 is 9.47 Å². The highest BCUT2D eigenvalue weighted by Gasteiger charge is 2.71. The summed E-state index contributed by atoms with van der Waals surface area (Å²) in [6.45, 7) is 6.43. The standard InChI is InChI=1S/C21H22FNO6/c1-5-28-21-14(16(24)18(21)26)11-23(19(27)29-20(2,3)4)15(17(21)25)10-12-6-8-13(22)9-7-12/h6-10,14H,5,11H2,1-4H3. The molecule has 0 spiro atoms. The van der Waals surface area contributed by atoms with Gasteiger partial charge in [-0.3, -0.25) is 19.3 Å². The molecule has 1 saturated heterocycles. The molecule has 1 amide bonds. The first-order valence-electron chi connectivity index (χ1n) is 9.26. The van der Waals surface area contributed by atoms with Crippen LogP contribution in [0.15, 0.2) is 30.0 Å². The summed E-state index contributed by atoms with van der Waals surface area (Å²) in [7, 11) is 0. The number of benzene rings is 1. The summed E-state index contributed by atoms with van der Waals surface area (Å²) in [6, 6.07) is 5.26. The zero-order valence-corrected chi connectivity index (χ0v) is 16.7. The fourth-order valence-corrected chi connectivity index (χ4v) is 3.48. The SMILES string of the molecule is CCOC12C(=O)C(=O)C1CN(C(=O)OC(C)(C)C)C(=Cc1ccc(F)cc1)C2=O. The summed E-state index contributed by atoms with van der Waals surface area (Å²) in [4.78, 5) is 51.6. The second kappa shape index (κ2) is 7.18. The summed E-state index contributed by atoms with van der Waals surface area (Å²) in [6.07, 6.45) is 0.537. The molecule has 0 N–H and O–H groups in total. The molecule has 2 aliphatic rings. The Morgan fingerprint density at radius 2 is 1.83 bits per heavy atom. The number of Topliss-reactive ketones (excluding diaryl/α,β-unsaturated/α-hetero) is 3. The number of rotatable bonds is 3. The molecule has 8 heteroatoms. The first kappa shape index (κ1) is 20.9. The van der Waals surface area contributed by atoms with E-state index >= 15 is 0 Å². The van der Waals surface area contributed by atoms with Crippen LogP contribution in [0.2, 0.25) is 0 Å². The van der Waals surface area contributed by atoms with Gasteiger partial charge in [0.15, 0.2) is 0 Å². The molecule has 2 atom stereocenters. The van der Waals surface area contributed by atoms with Crippen LogP contribution in [0.4, 0.5) is 9.18 Å². The lowest BCUT2D eigenvalue weighted by atomic mass is 9.61. The highest BCUT2D eigenvalue weighted by atomic mass is 19.1. The van der Waals surface area contributed by atoms with Crippen molar-refractivity contribution in [2.24, 2.45) is 5.92 Å². The first-order chi connectivity index (χ1) is 13.5. The second-order valence-electron chi connectivity index (χ2n) is 7.92. The lowest BCUT2D eigenvalue weighted by Gasteiger charge is -2.50. The lowest BCUT2D eigenvalue weighted by Crippen LogP contribution is -2.76. The van der Waals surface area contributed by atoms with Crippen LogP contribution in [0.25, 0.3) is 6.08 Å². The molecule has 1 aromatic rings. The Morgan fingerprint density at radius 1 is 1.21 bits per heavy atom. The molecule has 1 heterocycles. The topological polar surface area (TPSA) is 90.0 Å². The average Bonchev–Trinajstić information content (AvgIpc) is 2.64. The minimum Gasteiger partial charge on any atom is -0.443 e. The summed E-state index contributed by atoms with van der Waals surface area (Å²) < 4.78 is 24.1. The van der Waals surface area contributed by atoms with E-state index in [1.807, 2.05) is 0 Å². The van der Waals surface area contributed by atoms with Crippen molar-refractivity contribution in [1.29, 1.82) is 0 Å². The third-order valence-corrected chi connectivity index (χ3v) is 4.75. The second-order valence-corrected chi connectivity index (χ2v) is 7.92. The van der Waals surface area contributed by atoms with Crippen molar-refractivity contribution in [2.75, 3.05) is 13.2 Å². The van der Waals surface area contributed by atoms with E-state index in [4.69, 9.17) is 9.47 Å². The van der Waals surface area contributed by atoms with Gasteiger partial charge in [0, 0.05) is 13.2 Å². The number of carbonyl (C=O) groups excluding carboxylic acids is 4. The zero-order chi connectivity index (χ0) is 21.6. The summed E-state index contributed by atoms with van der Waals surface area (Å²) in [5.41, 5.74) is -2.46. The summed E-state index contributed by atoms with van der Waals surface area (Å²) in [5, 5.41) is 0. The summed E-state index contributed by atoms with van der Waals surface area (Å²) >= 11 is 0. The van der Waals surface area contributed by atoms with E-state index in [1.165, 1.54) is 30.3 Å². The van der Waals surface area contributed by atoms with Gasteiger partial charge in [0.25, 0.3) is 0 Å². The van der Waals surface area contributed by atoms with Gasteiger partial charge in [0.2, 0.25) is 23.0 Å². The van der Waals surface area contributed by atoms with Crippen molar-refractivity contribution in [3.8, 4) is 0 Å². The monoisotopic (exact) mass is 403 g/mol. The third-order valence-electron chi connectivity index (χ3n) is 4.75. The molecule has 0 bridgehead atoms. The Balaban J connectivity index is 2.08. The molecule has 3 rings (SSSR count). The molecule has 1 aliphatic carbocycles. The van der Waals surface area contributed by atoms with E-state index in [0.717, 1.165) is 4.90 Å². The molecule has 2 unspecified atom stereocenters. The lowest BCUT2D eigenvalue weighted by molar-refractivity contribution is -0.189. The van der Waals surface area contributed by atoms with Gasteiger partial charge in [0.1, 0.15) is 11.4 Å². The molecule has 1 aliphatic heterocycles. The van der Waals surface area contributed by atoms with Crippen molar-refractivity contribution >= 4 is 29.5 Å². The first-order valence-corrected chi connectivity index (χ1v) is 9.26. The average molecular weight is 403 g/mol. The Bertz CT molecular complexity index is 914. The normalized spacial score (nSPS) is 25.7. The predicted octanol–water partition coefficient (Wildman–Crippen LogP) is 2.53. The van der Waals surface area contributed by atoms with Gasteiger partial charge in [-0.15, -0.1) is 0 Å². The summed E-state index contributed by atoms with van der Waals surface area (Å²) in [5.74, 6) is -3.99. The number of hydrogen-bond acceptors (Lipinski definition) is 6. The number of carbonyl (C=O) groups is 4. The van der Waals surface area contributed by atoms with Crippen LogP contribution in [0.1, 0.15) is 33.3 Å². The number of ketones is 3. The van der Waals surface area contributed by atoms with E-state index in [2.05, 4.69) is 0 Å². The number of ether oxygens (including phenoxy) is 2. The number of likely N-dealkylation sites (tertiary alicyclic amines) is 1. The van der Waals surface area contributed by atoms with Crippen LogP contribution < -0.4 is 0 Å². The Labute approximate surface area is 167 Å². The largest absolute Gasteiger partial charge is 0.443 e. The van der Waals surface area contributed by atoms with Gasteiger partial charge in [-0.05, 0) is 51.5 Å². The number of nitrogens with zero attached hydrogens (tertiary/aromatic N) is 1. The number of piperidine rings is 1. The van der Waals surface area contributed by atoms with E-state index < -0.39 is 46.4 Å². The minimum atomic E-state index is -1.92. The molecule has 154 valence electrons. The van der Waals surface area contributed by atoms with Crippen LogP contribution in [0.5, 0.6) is 0 Å². The maximum atomic E-state index is 13.3. The number of amides is 1. The smallest absolute Gasteiger partial charge is 0.414 e. The van der Waals surface area contributed by atoms with Gasteiger partial charge >= 0.3 is 6.09 Å². The van der Waals surface area contributed by atoms with Gasteiger partial charge in [-0.1, -0.05) is 12.1 Å². The van der Waals surface area contributed by atoms with Gasteiger partial charge in [0.05, 0.1) is 11.6 Å². The number of fused-ring (bicyclic) bond motifs is 1. The fourth-order valence-electron chi connectivity index (χ4n) is 3.48. The van der Waals surface area contributed by atoms with Gasteiger partial charge in [-0.25, -0.2) is 9.18 Å². The van der Waals surface area contributed by atoms with E-state index in [-0.39, 0.29) is 18.8 Å². The van der Waals surface area contributed by atoms with Crippen molar-refractivity contribution in [3.63, 3.8) is 0 Å². The maximum absolute atomic E-state index is 13.3. The minimum absolute atomic E-state index is 0.0392. The molecule has 29 heavy (non-hydrogen) atoms. The van der Waals surface area contributed by atoms with Crippen LogP contribution in [0.3, 0.4) is 0 Å². The molecule has 1 saturated carbocycles. The molecular formula is C21H22FNO6. The van der Waals surface area contributed by atoms with Crippen molar-refractivity contribution in [3.05, 3.63) is 41.3 Å². The highest BCUT2D eigenvalue weighted by Crippen LogP contribution is 2.44. The number of hydrogen-bond donors (Lipinski definition) is 0. The molecule has 0 radical (unpaired) electrons. The van der Waals surface area contributed by atoms with Crippen LogP contribution in [0, 0.1) is 11.7 Å². The molecule has 7 nitrogen and oxygen atoms in total. The van der Waals surface area contributed by atoms with E-state index in [9.17, 15) is 23.6 Å².